The van der Waals surface area contributed by atoms with Crippen molar-refractivity contribution < 1.29 is 45.8 Å². The molecule has 17 aromatic rings. The first kappa shape index (κ1) is 115. The molecule has 0 aliphatic rings. The molecule has 13 N–H and O–H groups in total. The minimum Gasteiger partial charge on any atom is -0.423 e. The fourth-order valence-electron chi connectivity index (χ4n) is 12.3. The van der Waals surface area contributed by atoms with E-state index < -0.39 is 38.8 Å². The Morgan fingerprint density at radius 3 is 0.723 bits per heavy atom. The van der Waals surface area contributed by atoms with Gasteiger partial charge in [-0.3, -0.25) is 0 Å². The molecule has 137 heavy (non-hydrogen) atoms. The number of aliphatic hydroxyl groups excluding tert-OH is 3. The Kier molecular flexibility index (Phi) is 54.0. The molecule has 0 bridgehead atoms. The van der Waals surface area contributed by atoms with E-state index in [1.54, 1.807) is 37.3 Å². The van der Waals surface area contributed by atoms with Crippen molar-refractivity contribution in [3.8, 4) is 11.3 Å². The van der Waals surface area contributed by atoms with Gasteiger partial charge in [0, 0.05) is 63.5 Å². The summed E-state index contributed by atoms with van der Waals surface area (Å²) in [5, 5.41) is 83.7. The number of aliphatic hydroxyl groups is 3. The van der Waals surface area contributed by atoms with E-state index in [2.05, 4.69) is 410 Å². The molecule has 710 valence electrons. The molecular weight excluding hydrogens is 2020 g/mol. The Bertz CT molecular complexity index is 5350. The molecule has 3 heterocycles. The van der Waals surface area contributed by atoms with E-state index in [-0.39, 0.29) is 117 Å². The van der Waals surface area contributed by atoms with Crippen molar-refractivity contribution in [3.63, 3.8) is 0 Å². The number of benzene rings is 14. The van der Waals surface area contributed by atoms with E-state index in [1.165, 1.54) is 69.7 Å². The van der Waals surface area contributed by atoms with Crippen LogP contribution in [0.3, 0.4) is 0 Å². The number of anilines is 3. The summed E-state index contributed by atoms with van der Waals surface area (Å²) in [6, 6.07) is 139. The molecule has 0 amide bonds. The summed E-state index contributed by atoms with van der Waals surface area (Å²) >= 11 is 39.5. The molecule has 18 nitrogen and oxygen atoms in total. The van der Waals surface area contributed by atoms with Crippen molar-refractivity contribution in [1.29, 1.82) is 0 Å². The van der Waals surface area contributed by atoms with E-state index in [0.29, 0.717) is 50.8 Å². The third kappa shape index (κ3) is 38.8. The zero-order valence-electron chi connectivity index (χ0n) is 73.8. The van der Waals surface area contributed by atoms with Crippen LogP contribution in [0, 0.1) is 11.8 Å². The molecule has 31 heteroatoms. The van der Waals surface area contributed by atoms with Crippen LogP contribution in [0.2, 0.25) is 35.7 Å². The molecule has 0 saturated heterocycles. The summed E-state index contributed by atoms with van der Waals surface area (Å²) < 4.78 is 0. The first-order valence-corrected chi connectivity index (χ1v) is 50.2. The number of aromatic nitrogens is 9. The predicted molar refractivity (Wildman–Crippen MR) is 584 cm³/mol. The largest absolute Gasteiger partial charge is 0.490 e. The second kappa shape index (κ2) is 64.1. The molecule has 3 atom stereocenters. The van der Waals surface area contributed by atoms with Gasteiger partial charge in [0.15, 0.2) is 39.4 Å². The quantitative estimate of drug-likeness (QED) is 0.0238. The maximum Gasteiger partial charge on any atom is 0.490 e. The van der Waals surface area contributed by atoms with E-state index in [1.807, 2.05) is 13.8 Å². The first-order chi connectivity index (χ1) is 65.0. The number of nitrogen functional groups attached to an aromatic ring is 3. The molecule has 3 aromatic heterocycles. The second-order valence-corrected chi connectivity index (χ2v) is 40.8. The molecule has 14 aromatic carbocycles. The van der Waals surface area contributed by atoms with E-state index in [9.17, 15) is 0 Å². The van der Waals surface area contributed by atoms with Gasteiger partial charge >= 0.3 is 7.12 Å². The second-order valence-electron chi connectivity index (χ2n) is 29.3. The predicted octanol–water partition coefficient (Wildman–Crippen LogP) is 18.7. The molecule has 0 aliphatic heterocycles. The van der Waals surface area contributed by atoms with Crippen LogP contribution in [0.25, 0.3) is 11.3 Å². The molecule has 0 radical (unpaired) electrons. The standard InChI is InChI=1S/4C18H15P.C13H14Cl2N4O.C7H11ClN4O.C6H5BCl2O2.C3H2Cl2N4.C3H9NO.2CH4.Pd/c4*1-4-10-16(11-5-1)19(17-12-6-2-7-13-17)18-14-8-3-9-15-18;1-7(6-20)5-10-17-13(16)12(19-18-10)8-3-2-4-9(14)11(8)15;1-4(3-13)2-5-10-7(9)6(8)12-11-5;8-5-3-1-2-4(6(5)9)7(10)11;4-1-2(6)7-3(5)9-8-1;1-3(4)2-5;;;/h4*1-15H;2-4,7,20H,5-6H2,1H3,(H2,16,17,18);4,13H,2-3H2,1H3,(H2,9,10,11);1-3,10-11H;(H2,6,7,9);3,5H,2,4H2,1H3;2*1H4;. The molecule has 0 saturated carbocycles. The van der Waals surface area contributed by atoms with Crippen molar-refractivity contribution in [2.75, 3.05) is 37.0 Å². The van der Waals surface area contributed by atoms with Crippen LogP contribution in [0.5, 0.6) is 0 Å². The number of hydrogen-bond donors (Lipinski definition) is 9. The van der Waals surface area contributed by atoms with Crippen molar-refractivity contribution in [1.82, 2.24) is 45.5 Å². The summed E-state index contributed by atoms with van der Waals surface area (Å²) in [4.78, 5) is 11.6. The van der Waals surface area contributed by atoms with Gasteiger partial charge in [0.2, 0.25) is 5.28 Å². The van der Waals surface area contributed by atoms with Crippen molar-refractivity contribution in [3.05, 3.63) is 448 Å². The SMILES string of the molecule is C.C.CC(CO)Cc1nnc(-c2cccc(Cl)c2Cl)c(N)n1.CC(CO)Cc1nnc(Cl)c(N)n1.CC(N)CO.Nc1nc(Cl)nnc1Cl.OB(O)c1cccc(Cl)c1Cl.[Pd].c1ccc(P(c2ccccc2)c2ccccc2)cc1.c1ccc(P(c2ccccc2)c2ccccc2)cc1.c1ccc(P(c2ccccc2)c2ccccc2)cc1.c1ccc(P(c2ccccc2)c2ccccc2)cc1. The summed E-state index contributed by atoms with van der Waals surface area (Å²) in [6.45, 7) is 5.76. The zero-order chi connectivity index (χ0) is 95.8. The topological polar surface area (TPSA) is 321 Å². The monoisotopic (exact) mass is 2130 g/mol. The minimum atomic E-state index is -1.57. The van der Waals surface area contributed by atoms with E-state index in [4.69, 9.17) is 130 Å². The molecule has 0 spiro atoms. The fourth-order valence-corrected chi connectivity index (χ4v) is 22.6. The smallest absolute Gasteiger partial charge is 0.423 e. The third-order valence-electron chi connectivity index (χ3n) is 18.7. The summed E-state index contributed by atoms with van der Waals surface area (Å²) in [5.74, 6) is 1.66. The average molecular weight is 2130 g/mol. The van der Waals surface area contributed by atoms with Gasteiger partial charge in [-0.1, -0.05) is 487 Å². The maximum atomic E-state index is 9.03. The van der Waals surface area contributed by atoms with Gasteiger partial charge in [-0.15, -0.1) is 30.6 Å². The summed E-state index contributed by atoms with van der Waals surface area (Å²) in [7, 11) is -3.35. The number of rotatable bonds is 21. The Morgan fingerprint density at radius 2 is 0.511 bits per heavy atom. The van der Waals surface area contributed by atoms with Crippen molar-refractivity contribution in [2.45, 2.75) is 54.5 Å². The van der Waals surface area contributed by atoms with Crippen LogP contribution in [0.1, 0.15) is 47.3 Å². The van der Waals surface area contributed by atoms with Crippen LogP contribution in [-0.2, 0) is 33.3 Å². The molecular formula is C106H109BCl7N13O5P4Pd. The van der Waals surface area contributed by atoms with Gasteiger partial charge in [0.25, 0.3) is 0 Å². The number of halogens is 7. The van der Waals surface area contributed by atoms with Crippen LogP contribution >= 0.6 is 113 Å². The zero-order valence-corrected chi connectivity index (χ0v) is 84.2. The molecule has 0 aliphatic carbocycles. The van der Waals surface area contributed by atoms with Crippen LogP contribution in [-0.4, -0.2) is 104 Å². The van der Waals surface area contributed by atoms with E-state index in [0.717, 1.165) is 0 Å². The normalized spacial score (nSPS) is 10.9. The Balaban J connectivity index is 0.000000240. The van der Waals surface area contributed by atoms with Crippen molar-refractivity contribution >= 4 is 207 Å². The average Bonchev–Trinajstić information content (AvgIpc) is 0.812. The number of nitrogens with zero attached hydrogens (tertiary/aromatic N) is 9. The van der Waals surface area contributed by atoms with Gasteiger partial charge in [-0.05, 0) is 138 Å². The Labute approximate surface area is 858 Å². The maximum absolute atomic E-state index is 9.03. The van der Waals surface area contributed by atoms with Gasteiger partial charge in [0.05, 0.1) is 26.7 Å². The third-order valence-corrected chi connectivity index (χ3v) is 30.9. The molecule has 3 unspecified atom stereocenters. The van der Waals surface area contributed by atoms with Gasteiger partial charge < -0.3 is 48.3 Å². The van der Waals surface area contributed by atoms with Gasteiger partial charge in [-0.25, -0.2) is 9.97 Å². The Morgan fingerprint density at radius 1 is 0.285 bits per heavy atom. The number of hydrogen-bond acceptors (Lipinski definition) is 18. The van der Waals surface area contributed by atoms with Crippen molar-refractivity contribution in [2.24, 2.45) is 17.6 Å². The molecule has 0 fully saturated rings. The minimum absolute atomic E-state index is 0. The van der Waals surface area contributed by atoms with Crippen LogP contribution in [0.4, 0.5) is 17.5 Å². The Hall–Kier alpha value is -10.3. The van der Waals surface area contributed by atoms with E-state index >= 15 is 0 Å². The van der Waals surface area contributed by atoms with Crippen LogP contribution in [0.15, 0.2) is 400 Å². The van der Waals surface area contributed by atoms with Gasteiger partial charge in [-0.2, -0.15) is 4.98 Å². The first-order valence-electron chi connectivity index (χ1n) is 42.1. The molecule has 17 rings (SSSR count). The van der Waals surface area contributed by atoms with Crippen LogP contribution < -0.4 is 92.1 Å². The number of nitrogens with two attached hydrogens (primary N) is 4. The van der Waals surface area contributed by atoms with Gasteiger partial charge in [0.1, 0.15) is 5.69 Å². The fraction of sp³-hybridized carbons (Fsp3) is 0.123. The summed E-state index contributed by atoms with van der Waals surface area (Å²) in [6.07, 6.45) is 1.06. The summed E-state index contributed by atoms with van der Waals surface area (Å²) in [5.41, 5.74) is 22.8.